The fourth-order valence-electron chi connectivity index (χ4n) is 2.79. The summed E-state index contributed by atoms with van der Waals surface area (Å²) >= 11 is 1.39. The maximum absolute atomic E-state index is 12.5. The van der Waals surface area contributed by atoms with Gasteiger partial charge in [0.05, 0.1) is 4.53 Å². The lowest BCUT2D eigenvalue weighted by Gasteiger charge is -2.04. The molecule has 4 rings (SSSR count). The highest BCUT2D eigenvalue weighted by molar-refractivity contribution is 7.07. The van der Waals surface area contributed by atoms with Crippen molar-refractivity contribution in [3.63, 3.8) is 0 Å². The molecule has 1 N–H and O–H groups in total. The van der Waals surface area contributed by atoms with Crippen LogP contribution >= 0.6 is 23.7 Å². The van der Waals surface area contributed by atoms with E-state index < -0.39 is 0 Å². The van der Waals surface area contributed by atoms with Gasteiger partial charge in [0.15, 0.2) is 4.80 Å². The molecule has 0 bridgehead atoms. The molecule has 0 atom stereocenters. The van der Waals surface area contributed by atoms with Crippen molar-refractivity contribution in [2.75, 3.05) is 6.54 Å². The van der Waals surface area contributed by atoms with E-state index in [-0.39, 0.29) is 23.7 Å². The highest BCUT2D eigenvalue weighted by atomic mass is 35.5. The molecule has 1 aliphatic heterocycles. The SMILES string of the molecule is Cl.O=c1c(=Cc2c(O)ccc3ccccc23)sc2n1CCCN=2. The lowest BCUT2D eigenvalue weighted by Crippen LogP contribution is -2.33. The minimum absolute atomic E-state index is 0. The number of aromatic hydroxyl groups is 1. The van der Waals surface area contributed by atoms with Crippen LogP contribution in [0.25, 0.3) is 16.8 Å². The Morgan fingerprint density at radius 2 is 2.04 bits per heavy atom. The zero-order valence-electron chi connectivity index (χ0n) is 12.2. The Morgan fingerprint density at radius 3 is 2.87 bits per heavy atom. The Morgan fingerprint density at radius 1 is 1.22 bits per heavy atom. The van der Waals surface area contributed by atoms with E-state index in [1.807, 2.05) is 30.3 Å². The molecule has 0 fully saturated rings. The van der Waals surface area contributed by atoms with Gasteiger partial charge in [-0.1, -0.05) is 41.7 Å². The molecule has 0 radical (unpaired) electrons. The molecule has 2 heterocycles. The summed E-state index contributed by atoms with van der Waals surface area (Å²) in [6.45, 7) is 1.50. The first kappa shape index (κ1) is 15.8. The standard InChI is InChI=1S/C17H14N2O2S.ClH/c20-14-7-6-11-4-1-2-5-12(11)13(14)10-15-16(21)19-9-3-8-18-17(19)22-15;/h1-2,4-7,10,20H,3,8-9H2;1H. The highest BCUT2D eigenvalue weighted by Gasteiger charge is 2.10. The van der Waals surface area contributed by atoms with Crippen LogP contribution in [0.1, 0.15) is 12.0 Å². The summed E-state index contributed by atoms with van der Waals surface area (Å²) in [6, 6.07) is 11.4. The van der Waals surface area contributed by atoms with Crippen LogP contribution in [-0.2, 0) is 6.54 Å². The van der Waals surface area contributed by atoms with Gasteiger partial charge < -0.3 is 5.11 Å². The lowest BCUT2D eigenvalue weighted by atomic mass is 10.0. The summed E-state index contributed by atoms with van der Waals surface area (Å²) in [5.74, 6) is 0.186. The maximum Gasteiger partial charge on any atom is 0.270 e. The van der Waals surface area contributed by atoms with Gasteiger partial charge in [-0.15, -0.1) is 12.4 Å². The first-order chi connectivity index (χ1) is 10.7. The molecule has 3 aromatic rings. The zero-order chi connectivity index (χ0) is 15.1. The molecule has 0 amide bonds. The van der Waals surface area contributed by atoms with E-state index in [1.54, 1.807) is 16.7 Å². The van der Waals surface area contributed by atoms with E-state index in [1.165, 1.54) is 11.3 Å². The molecule has 4 nitrogen and oxygen atoms in total. The molecule has 118 valence electrons. The molecular weight excluding hydrogens is 332 g/mol. The molecule has 0 spiro atoms. The van der Waals surface area contributed by atoms with Gasteiger partial charge in [-0.25, -0.2) is 0 Å². The average Bonchev–Trinajstić information content (AvgIpc) is 2.87. The smallest absolute Gasteiger partial charge is 0.270 e. The van der Waals surface area contributed by atoms with E-state index >= 15 is 0 Å². The number of rotatable bonds is 1. The number of benzene rings is 2. The predicted molar refractivity (Wildman–Crippen MR) is 95.3 cm³/mol. The monoisotopic (exact) mass is 346 g/mol. The van der Waals surface area contributed by atoms with E-state index in [4.69, 9.17) is 0 Å². The Hall–Kier alpha value is -2.11. The van der Waals surface area contributed by atoms with Crippen molar-refractivity contribution in [2.24, 2.45) is 4.99 Å². The van der Waals surface area contributed by atoms with Crippen molar-refractivity contribution < 1.29 is 5.11 Å². The second kappa shape index (κ2) is 6.18. The van der Waals surface area contributed by atoms with Crippen molar-refractivity contribution >= 4 is 40.6 Å². The Balaban J connectivity index is 0.00000156. The van der Waals surface area contributed by atoms with E-state index in [9.17, 15) is 9.90 Å². The molecule has 0 saturated heterocycles. The van der Waals surface area contributed by atoms with Crippen LogP contribution < -0.4 is 14.9 Å². The average molecular weight is 347 g/mol. The van der Waals surface area contributed by atoms with Crippen molar-refractivity contribution in [1.29, 1.82) is 0 Å². The van der Waals surface area contributed by atoms with Gasteiger partial charge in [-0.3, -0.25) is 14.4 Å². The van der Waals surface area contributed by atoms with Crippen molar-refractivity contribution in [2.45, 2.75) is 13.0 Å². The molecule has 0 saturated carbocycles. The quantitative estimate of drug-likeness (QED) is 0.733. The number of halogens is 1. The number of thiazole rings is 1. The Kier molecular flexibility index (Phi) is 4.24. The fraction of sp³-hybridized carbons (Fsp3) is 0.176. The van der Waals surface area contributed by atoms with Gasteiger partial charge in [-0.2, -0.15) is 0 Å². The molecule has 0 unspecified atom stereocenters. The van der Waals surface area contributed by atoms with Crippen LogP contribution in [0.15, 0.2) is 46.2 Å². The normalized spacial score (nSPS) is 14.2. The van der Waals surface area contributed by atoms with E-state index in [2.05, 4.69) is 4.99 Å². The third-order valence-corrected chi connectivity index (χ3v) is 4.94. The summed E-state index contributed by atoms with van der Waals surface area (Å²) in [5, 5.41) is 12.2. The summed E-state index contributed by atoms with van der Waals surface area (Å²) in [4.78, 5) is 17.6. The molecule has 6 heteroatoms. The summed E-state index contributed by atoms with van der Waals surface area (Å²) in [7, 11) is 0. The minimum atomic E-state index is -0.0178. The second-order valence-corrected chi connectivity index (χ2v) is 6.31. The van der Waals surface area contributed by atoms with Gasteiger partial charge in [0.25, 0.3) is 5.56 Å². The number of nitrogens with zero attached hydrogens (tertiary/aromatic N) is 2. The Labute approximate surface area is 142 Å². The third kappa shape index (κ3) is 2.66. The molecule has 2 aromatic carbocycles. The minimum Gasteiger partial charge on any atom is -0.507 e. The van der Waals surface area contributed by atoms with Gasteiger partial charge >= 0.3 is 0 Å². The van der Waals surface area contributed by atoms with Gasteiger partial charge in [0, 0.05) is 18.7 Å². The topological polar surface area (TPSA) is 54.6 Å². The predicted octanol–water partition coefficient (Wildman–Crippen LogP) is 2.04. The number of phenols is 1. The molecule has 0 aliphatic carbocycles. The number of hydrogen-bond acceptors (Lipinski definition) is 4. The van der Waals surface area contributed by atoms with E-state index in [0.29, 0.717) is 10.1 Å². The van der Waals surface area contributed by atoms with Crippen LogP contribution in [0.4, 0.5) is 0 Å². The van der Waals surface area contributed by atoms with Crippen molar-refractivity contribution in [1.82, 2.24) is 4.57 Å². The molecule has 1 aliphatic rings. The lowest BCUT2D eigenvalue weighted by molar-refractivity contribution is 0.475. The van der Waals surface area contributed by atoms with Gasteiger partial charge in [0.2, 0.25) is 0 Å². The summed E-state index contributed by atoms with van der Waals surface area (Å²) < 4.78 is 2.34. The second-order valence-electron chi connectivity index (χ2n) is 5.30. The van der Waals surface area contributed by atoms with Gasteiger partial charge in [-0.05, 0) is 29.3 Å². The first-order valence-corrected chi connectivity index (χ1v) is 8.02. The van der Waals surface area contributed by atoms with Crippen LogP contribution in [-0.4, -0.2) is 16.2 Å². The maximum atomic E-state index is 12.5. The number of fused-ring (bicyclic) bond motifs is 2. The third-order valence-electron chi connectivity index (χ3n) is 3.90. The summed E-state index contributed by atoms with van der Waals surface area (Å²) in [5.41, 5.74) is 0.671. The van der Waals surface area contributed by atoms with Crippen LogP contribution in [0.5, 0.6) is 5.75 Å². The van der Waals surface area contributed by atoms with Crippen LogP contribution in [0.3, 0.4) is 0 Å². The number of phenolic OH excluding ortho intramolecular Hbond substituents is 1. The van der Waals surface area contributed by atoms with E-state index in [0.717, 1.165) is 35.1 Å². The Bertz CT molecular complexity index is 1050. The molecule has 23 heavy (non-hydrogen) atoms. The van der Waals surface area contributed by atoms with Crippen LogP contribution in [0.2, 0.25) is 0 Å². The highest BCUT2D eigenvalue weighted by Crippen LogP contribution is 2.27. The molecular formula is C17H15ClN2O2S. The zero-order valence-corrected chi connectivity index (χ0v) is 13.9. The number of aromatic nitrogens is 1. The van der Waals surface area contributed by atoms with Crippen molar-refractivity contribution in [3.8, 4) is 5.75 Å². The fourth-order valence-corrected chi connectivity index (χ4v) is 3.80. The van der Waals surface area contributed by atoms with Crippen molar-refractivity contribution in [3.05, 3.63) is 61.6 Å². The number of hydrogen-bond donors (Lipinski definition) is 1. The summed E-state index contributed by atoms with van der Waals surface area (Å²) in [6.07, 6.45) is 2.69. The largest absolute Gasteiger partial charge is 0.507 e. The first-order valence-electron chi connectivity index (χ1n) is 7.20. The van der Waals surface area contributed by atoms with Gasteiger partial charge in [0.1, 0.15) is 5.75 Å². The van der Waals surface area contributed by atoms with Crippen LogP contribution in [0, 0.1) is 0 Å². The molecule has 1 aromatic heterocycles.